The first-order valence-electron chi connectivity index (χ1n) is 9.01. The van der Waals surface area contributed by atoms with Gasteiger partial charge < -0.3 is 9.53 Å². The summed E-state index contributed by atoms with van der Waals surface area (Å²) in [5.74, 6) is -0.0294. The van der Waals surface area contributed by atoms with Gasteiger partial charge in [-0.1, -0.05) is 56.2 Å². The van der Waals surface area contributed by atoms with E-state index in [1.54, 1.807) is 13.0 Å². The second-order valence-electron chi connectivity index (χ2n) is 6.48. The quantitative estimate of drug-likeness (QED) is 0.542. The number of unbranched alkanes of at least 4 members (excludes halogenated alkanes) is 2. The minimum absolute atomic E-state index is 0.0881. The highest BCUT2D eigenvalue weighted by molar-refractivity contribution is 5.76. The lowest BCUT2D eigenvalue weighted by molar-refractivity contribution is -0.116. The Morgan fingerprint density at radius 2 is 1.76 bits per heavy atom. The van der Waals surface area contributed by atoms with Gasteiger partial charge in [0.05, 0.1) is 7.11 Å². The second-order valence-corrected chi connectivity index (χ2v) is 6.48. The molecule has 0 radical (unpaired) electrons. The molecule has 0 atom stereocenters. The second kappa shape index (κ2) is 9.36. The van der Waals surface area contributed by atoms with Crippen molar-refractivity contribution in [1.82, 2.24) is 0 Å². The molecule has 0 bridgehead atoms. The van der Waals surface area contributed by atoms with E-state index in [0.29, 0.717) is 18.4 Å². The summed E-state index contributed by atoms with van der Waals surface area (Å²) in [5, 5.41) is 0. The van der Waals surface area contributed by atoms with Gasteiger partial charge in [0, 0.05) is 12.0 Å². The van der Waals surface area contributed by atoms with E-state index in [0.717, 1.165) is 17.5 Å². The van der Waals surface area contributed by atoms with Crippen LogP contribution in [0.3, 0.4) is 0 Å². The maximum absolute atomic E-state index is 14.9. The molecule has 0 N–H and O–H groups in total. The van der Waals surface area contributed by atoms with E-state index >= 15 is 0 Å². The van der Waals surface area contributed by atoms with Crippen molar-refractivity contribution in [3.8, 4) is 16.9 Å². The first kappa shape index (κ1) is 19.2. The molecule has 0 amide bonds. The Morgan fingerprint density at radius 1 is 1.04 bits per heavy atom. The maximum atomic E-state index is 14.9. The smallest absolute Gasteiger partial charge is 0.173 e. The topological polar surface area (TPSA) is 26.3 Å². The van der Waals surface area contributed by atoms with E-state index < -0.39 is 0 Å². The number of ether oxygens (including phenoxy) is 1. The molecule has 0 aliphatic heterocycles. The van der Waals surface area contributed by atoms with E-state index in [1.165, 1.54) is 31.9 Å². The zero-order chi connectivity index (χ0) is 18.2. The molecule has 134 valence electrons. The number of aryl methyl sites for hydroxylation is 2. The van der Waals surface area contributed by atoms with Crippen LogP contribution in [0.1, 0.15) is 50.7 Å². The monoisotopic (exact) mass is 342 g/mol. The lowest BCUT2D eigenvalue weighted by Crippen LogP contribution is -2.00. The van der Waals surface area contributed by atoms with Gasteiger partial charge in [-0.25, -0.2) is 4.39 Å². The van der Waals surface area contributed by atoms with Gasteiger partial charge in [0.2, 0.25) is 0 Å². The Bertz CT molecular complexity index is 705. The molecule has 0 fully saturated rings. The molecule has 0 saturated carbocycles. The fourth-order valence-corrected chi connectivity index (χ4v) is 2.98. The van der Waals surface area contributed by atoms with E-state index in [9.17, 15) is 9.18 Å². The van der Waals surface area contributed by atoms with Crippen LogP contribution in [0.25, 0.3) is 11.1 Å². The van der Waals surface area contributed by atoms with Crippen LogP contribution in [0.15, 0.2) is 36.4 Å². The Labute approximate surface area is 150 Å². The zero-order valence-electron chi connectivity index (χ0n) is 15.4. The van der Waals surface area contributed by atoms with Gasteiger partial charge in [-0.3, -0.25) is 0 Å². The predicted molar refractivity (Wildman–Crippen MR) is 101 cm³/mol. The number of carbonyl (C=O) groups is 1. The summed E-state index contributed by atoms with van der Waals surface area (Å²) in [6.45, 7) is 3.73. The molecule has 0 spiro atoms. The summed E-state index contributed by atoms with van der Waals surface area (Å²) in [5.41, 5.74) is 3.38. The average Bonchev–Trinajstić information content (AvgIpc) is 2.61. The molecule has 2 nitrogen and oxygen atoms in total. The number of hydrogen-bond acceptors (Lipinski definition) is 2. The summed E-state index contributed by atoms with van der Waals surface area (Å²) in [6, 6.07) is 11.7. The summed E-state index contributed by atoms with van der Waals surface area (Å²) in [4.78, 5) is 11.2. The van der Waals surface area contributed by atoms with Crippen LogP contribution >= 0.6 is 0 Å². The minimum atomic E-state index is -0.359. The van der Waals surface area contributed by atoms with Crippen LogP contribution in [0.4, 0.5) is 4.39 Å². The number of benzene rings is 2. The van der Waals surface area contributed by atoms with Crippen molar-refractivity contribution in [3.05, 3.63) is 53.3 Å². The molecule has 25 heavy (non-hydrogen) atoms. The van der Waals surface area contributed by atoms with E-state index in [1.807, 2.05) is 18.2 Å². The molecule has 0 unspecified atom stereocenters. The van der Waals surface area contributed by atoms with Crippen LogP contribution < -0.4 is 4.74 Å². The van der Waals surface area contributed by atoms with Crippen molar-refractivity contribution >= 4 is 5.78 Å². The van der Waals surface area contributed by atoms with Crippen molar-refractivity contribution in [2.45, 2.75) is 52.4 Å². The third kappa shape index (κ3) is 5.15. The summed E-state index contributed by atoms with van der Waals surface area (Å²) in [6.07, 6.45) is 5.56. The molecule has 2 rings (SSSR count). The predicted octanol–water partition coefficient (Wildman–Crippen LogP) is 5.76. The van der Waals surface area contributed by atoms with Crippen molar-refractivity contribution in [1.29, 1.82) is 0 Å². The molecule has 0 aliphatic carbocycles. The standard InChI is InChI=1S/C22H27FO2/c1-4-5-6-7-17-9-12-18(13-10-17)20-15-14-19(11-8-16(2)24)22(25-3)21(20)23/h9-10,12-15H,4-8,11H2,1-3H3. The third-order valence-electron chi connectivity index (χ3n) is 4.46. The maximum Gasteiger partial charge on any atom is 0.173 e. The fraction of sp³-hybridized carbons (Fsp3) is 0.409. The molecule has 3 heteroatoms. The zero-order valence-corrected chi connectivity index (χ0v) is 15.4. The molecule has 2 aromatic rings. The van der Waals surface area contributed by atoms with Crippen molar-refractivity contribution < 1.29 is 13.9 Å². The van der Waals surface area contributed by atoms with Gasteiger partial charge in [-0.05, 0) is 42.9 Å². The number of Topliss-reactive ketones (excluding diaryl/α,β-unsaturated/α-hetero) is 1. The third-order valence-corrected chi connectivity index (χ3v) is 4.46. The summed E-state index contributed by atoms with van der Waals surface area (Å²) >= 11 is 0. The van der Waals surface area contributed by atoms with Crippen LogP contribution in [0.5, 0.6) is 5.75 Å². The minimum Gasteiger partial charge on any atom is -0.493 e. The molecule has 0 aromatic heterocycles. The summed E-state index contributed by atoms with van der Waals surface area (Å²) in [7, 11) is 1.47. The first-order chi connectivity index (χ1) is 12.1. The normalized spacial score (nSPS) is 10.7. The van der Waals surface area contributed by atoms with Crippen molar-refractivity contribution in [2.75, 3.05) is 7.11 Å². The molecule has 0 aliphatic rings. The number of rotatable bonds is 9. The van der Waals surface area contributed by atoms with Gasteiger partial charge in [0.15, 0.2) is 11.6 Å². The largest absolute Gasteiger partial charge is 0.493 e. The molecule has 2 aromatic carbocycles. The number of hydrogen-bond donors (Lipinski definition) is 0. The Hall–Kier alpha value is -2.16. The highest BCUT2D eigenvalue weighted by Crippen LogP contribution is 2.33. The fourth-order valence-electron chi connectivity index (χ4n) is 2.98. The van der Waals surface area contributed by atoms with E-state index in [-0.39, 0.29) is 17.3 Å². The Kier molecular flexibility index (Phi) is 7.17. The number of methoxy groups -OCH3 is 1. The molecule has 0 saturated heterocycles. The molecular weight excluding hydrogens is 315 g/mol. The van der Waals surface area contributed by atoms with E-state index in [2.05, 4.69) is 19.1 Å². The van der Waals surface area contributed by atoms with Gasteiger partial charge in [-0.15, -0.1) is 0 Å². The van der Waals surface area contributed by atoms with Crippen LogP contribution in [-0.4, -0.2) is 12.9 Å². The number of ketones is 1. The first-order valence-corrected chi connectivity index (χ1v) is 9.01. The van der Waals surface area contributed by atoms with Crippen molar-refractivity contribution in [3.63, 3.8) is 0 Å². The van der Waals surface area contributed by atoms with Crippen LogP contribution in [0, 0.1) is 5.82 Å². The van der Waals surface area contributed by atoms with Crippen molar-refractivity contribution in [2.24, 2.45) is 0 Å². The highest BCUT2D eigenvalue weighted by Gasteiger charge is 2.15. The van der Waals surface area contributed by atoms with Gasteiger partial charge >= 0.3 is 0 Å². The highest BCUT2D eigenvalue weighted by atomic mass is 19.1. The van der Waals surface area contributed by atoms with Crippen LogP contribution in [-0.2, 0) is 17.6 Å². The molecular formula is C22H27FO2. The van der Waals surface area contributed by atoms with Gasteiger partial charge in [-0.2, -0.15) is 0 Å². The van der Waals surface area contributed by atoms with E-state index in [4.69, 9.17) is 4.74 Å². The lowest BCUT2D eigenvalue weighted by atomic mass is 9.98. The summed E-state index contributed by atoms with van der Waals surface area (Å²) < 4.78 is 20.2. The van der Waals surface area contributed by atoms with Gasteiger partial charge in [0.1, 0.15) is 5.78 Å². The van der Waals surface area contributed by atoms with Crippen LogP contribution in [0.2, 0.25) is 0 Å². The Morgan fingerprint density at radius 3 is 2.36 bits per heavy atom. The lowest BCUT2D eigenvalue weighted by Gasteiger charge is -2.13. The number of carbonyl (C=O) groups excluding carboxylic acids is 1. The SMILES string of the molecule is CCCCCc1ccc(-c2ccc(CCC(C)=O)c(OC)c2F)cc1. The molecule has 0 heterocycles. The Balaban J connectivity index is 2.22. The average molecular weight is 342 g/mol. The van der Waals surface area contributed by atoms with Gasteiger partial charge in [0.25, 0.3) is 0 Å². The number of halogens is 1.